The molecule has 0 radical (unpaired) electrons. The van der Waals surface area contributed by atoms with Crippen LogP contribution in [0.15, 0.2) is 27.5 Å². The summed E-state index contributed by atoms with van der Waals surface area (Å²) >= 11 is 3.40. The molecule has 5 nitrogen and oxygen atoms in total. The van der Waals surface area contributed by atoms with Crippen LogP contribution in [0.3, 0.4) is 0 Å². The first-order valence-electron chi connectivity index (χ1n) is 6.92. The Morgan fingerprint density at radius 3 is 2.95 bits per heavy atom. The van der Waals surface area contributed by atoms with Crippen LogP contribution in [0.25, 0.3) is 11.4 Å². The number of halogens is 1. The molecule has 2 aromatic rings. The summed E-state index contributed by atoms with van der Waals surface area (Å²) in [5.74, 6) is 2.07. The Kier molecular flexibility index (Phi) is 4.12. The average Bonchev–Trinajstić information content (AvgIpc) is 2.97. The van der Waals surface area contributed by atoms with Gasteiger partial charge in [-0.1, -0.05) is 18.0 Å². The molecule has 0 bridgehead atoms. The van der Waals surface area contributed by atoms with Gasteiger partial charge in [-0.3, -0.25) is 4.98 Å². The second-order valence-electron chi connectivity index (χ2n) is 5.23. The predicted molar refractivity (Wildman–Crippen MR) is 79.0 cm³/mol. The number of rotatable bonds is 3. The van der Waals surface area contributed by atoms with Crippen LogP contribution >= 0.6 is 15.9 Å². The lowest BCUT2D eigenvalue weighted by Crippen LogP contribution is -2.25. The SMILES string of the molecule is NCC1CCCCC1c1nc(-c2cncc(Br)c2)no1. The van der Waals surface area contributed by atoms with Gasteiger partial charge in [-0.2, -0.15) is 4.98 Å². The van der Waals surface area contributed by atoms with Gasteiger partial charge in [-0.05, 0) is 47.3 Å². The fourth-order valence-electron chi connectivity index (χ4n) is 2.85. The lowest BCUT2D eigenvalue weighted by Gasteiger charge is -2.27. The van der Waals surface area contributed by atoms with E-state index in [-0.39, 0.29) is 0 Å². The highest BCUT2D eigenvalue weighted by Gasteiger charge is 2.30. The van der Waals surface area contributed by atoms with Crippen molar-refractivity contribution in [2.45, 2.75) is 31.6 Å². The molecule has 2 unspecified atom stereocenters. The molecule has 3 rings (SSSR count). The Morgan fingerprint density at radius 2 is 2.15 bits per heavy atom. The average molecular weight is 337 g/mol. The second-order valence-corrected chi connectivity index (χ2v) is 6.15. The molecule has 1 saturated carbocycles. The van der Waals surface area contributed by atoms with Crippen molar-refractivity contribution in [3.63, 3.8) is 0 Å². The number of hydrogen-bond acceptors (Lipinski definition) is 5. The van der Waals surface area contributed by atoms with Crippen molar-refractivity contribution in [2.75, 3.05) is 6.54 Å². The molecule has 6 heteroatoms. The second kappa shape index (κ2) is 6.01. The molecule has 0 spiro atoms. The summed E-state index contributed by atoms with van der Waals surface area (Å²) in [5, 5.41) is 4.08. The Balaban J connectivity index is 1.86. The lowest BCUT2D eigenvalue weighted by molar-refractivity contribution is 0.249. The molecule has 1 aliphatic carbocycles. The standard InChI is InChI=1S/C14H17BrN4O/c15-11-5-10(7-17-8-11)13-18-14(20-19-13)12-4-2-1-3-9(12)6-16/h5,7-9,12H,1-4,6,16H2. The Morgan fingerprint density at radius 1 is 1.30 bits per heavy atom. The van der Waals surface area contributed by atoms with Crippen LogP contribution in [0.4, 0.5) is 0 Å². The summed E-state index contributed by atoms with van der Waals surface area (Å²) in [5.41, 5.74) is 6.72. The first kappa shape index (κ1) is 13.7. The highest BCUT2D eigenvalue weighted by Crippen LogP contribution is 2.37. The van der Waals surface area contributed by atoms with Gasteiger partial charge in [0.15, 0.2) is 0 Å². The van der Waals surface area contributed by atoms with Crippen LogP contribution < -0.4 is 5.73 Å². The third-order valence-corrected chi connectivity index (χ3v) is 4.37. The molecule has 106 valence electrons. The molecule has 0 saturated heterocycles. The quantitative estimate of drug-likeness (QED) is 0.931. The van der Waals surface area contributed by atoms with Crippen molar-refractivity contribution >= 4 is 15.9 Å². The van der Waals surface area contributed by atoms with E-state index in [1.165, 1.54) is 12.8 Å². The molecule has 0 amide bonds. The maximum Gasteiger partial charge on any atom is 0.230 e. The first-order valence-corrected chi connectivity index (χ1v) is 7.72. The van der Waals surface area contributed by atoms with Crippen LogP contribution in [-0.2, 0) is 0 Å². The lowest BCUT2D eigenvalue weighted by atomic mass is 9.79. The summed E-state index contributed by atoms with van der Waals surface area (Å²) in [6.07, 6.45) is 8.15. The molecule has 1 fully saturated rings. The minimum Gasteiger partial charge on any atom is -0.339 e. The molecule has 1 aliphatic rings. The molecular weight excluding hydrogens is 320 g/mol. The van der Waals surface area contributed by atoms with Crippen molar-refractivity contribution in [1.82, 2.24) is 15.1 Å². The van der Waals surface area contributed by atoms with Gasteiger partial charge in [0, 0.05) is 28.3 Å². The zero-order valence-electron chi connectivity index (χ0n) is 11.1. The summed E-state index contributed by atoms with van der Waals surface area (Å²) in [6.45, 7) is 0.681. The third kappa shape index (κ3) is 2.76. The highest BCUT2D eigenvalue weighted by molar-refractivity contribution is 9.10. The summed E-state index contributed by atoms with van der Waals surface area (Å²) in [7, 11) is 0. The van der Waals surface area contributed by atoms with E-state index in [0.717, 1.165) is 28.8 Å². The summed E-state index contributed by atoms with van der Waals surface area (Å²) in [4.78, 5) is 8.67. The number of hydrogen-bond donors (Lipinski definition) is 1. The van der Waals surface area contributed by atoms with Crippen molar-refractivity contribution < 1.29 is 4.52 Å². The highest BCUT2D eigenvalue weighted by atomic mass is 79.9. The fraction of sp³-hybridized carbons (Fsp3) is 0.500. The number of aromatic nitrogens is 3. The fourth-order valence-corrected chi connectivity index (χ4v) is 3.22. The minimum absolute atomic E-state index is 0.301. The molecule has 20 heavy (non-hydrogen) atoms. The molecule has 2 heterocycles. The molecule has 2 N–H and O–H groups in total. The Bertz CT molecular complexity index is 586. The van der Waals surface area contributed by atoms with E-state index in [0.29, 0.717) is 24.2 Å². The van der Waals surface area contributed by atoms with Gasteiger partial charge in [-0.25, -0.2) is 0 Å². The maximum atomic E-state index is 5.86. The van der Waals surface area contributed by atoms with Gasteiger partial charge in [0.05, 0.1) is 0 Å². The van der Waals surface area contributed by atoms with Gasteiger partial charge < -0.3 is 10.3 Å². The van der Waals surface area contributed by atoms with E-state index in [1.807, 2.05) is 6.07 Å². The van der Waals surface area contributed by atoms with Crippen LogP contribution in [0.1, 0.15) is 37.5 Å². The van der Waals surface area contributed by atoms with Gasteiger partial charge >= 0.3 is 0 Å². The van der Waals surface area contributed by atoms with E-state index < -0.39 is 0 Å². The van der Waals surface area contributed by atoms with Gasteiger partial charge in [0.2, 0.25) is 11.7 Å². The number of nitrogens with zero attached hydrogens (tertiary/aromatic N) is 3. The maximum absolute atomic E-state index is 5.86. The topological polar surface area (TPSA) is 77.8 Å². The van der Waals surface area contributed by atoms with Crippen LogP contribution in [0, 0.1) is 5.92 Å². The smallest absolute Gasteiger partial charge is 0.230 e. The largest absolute Gasteiger partial charge is 0.339 e. The first-order chi connectivity index (χ1) is 9.78. The number of pyridine rings is 1. The van der Waals surface area contributed by atoms with E-state index >= 15 is 0 Å². The summed E-state index contributed by atoms with van der Waals surface area (Å²) in [6, 6.07) is 1.93. The zero-order valence-corrected chi connectivity index (χ0v) is 12.7. The molecule has 2 atom stereocenters. The van der Waals surface area contributed by atoms with E-state index in [4.69, 9.17) is 10.3 Å². The van der Waals surface area contributed by atoms with Crippen molar-refractivity contribution in [1.29, 1.82) is 0 Å². The van der Waals surface area contributed by atoms with Crippen LogP contribution in [-0.4, -0.2) is 21.7 Å². The molecular formula is C14H17BrN4O. The molecule has 0 aliphatic heterocycles. The van der Waals surface area contributed by atoms with E-state index in [9.17, 15) is 0 Å². The molecule has 0 aromatic carbocycles. The zero-order chi connectivity index (χ0) is 13.9. The summed E-state index contributed by atoms with van der Waals surface area (Å²) < 4.78 is 6.37. The van der Waals surface area contributed by atoms with Gasteiger partial charge in [-0.15, -0.1) is 0 Å². The Hall–Kier alpha value is -1.27. The van der Waals surface area contributed by atoms with E-state index in [1.54, 1.807) is 12.4 Å². The van der Waals surface area contributed by atoms with Gasteiger partial charge in [0.25, 0.3) is 0 Å². The van der Waals surface area contributed by atoms with Crippen molar-refractivity contribution in [3.05, 3.63) is 28.8 Å². The monoisotopic (exact) mass is 336 g/mol. The normalized spacial score (nSPS) is 22.9. The van der Waals surface area contributed by atoms with Crippen LogP contribution in [0.5, 0.6) is 0 Å². The minimum atomic E-state index is 0.301. The predicted octanol–water partition coefficient (Wildman–Crippen LogP) is 3.13. The molecule has 2 aromatic heterocycles. The van der Waals surface area contributed by atoms with Crippen LogP contribution in [0.2, 0.25) is 0 Å². The van der Waals surface area contributed by atoms with E-state index in [2.05, 4.69) is 31.1 Å². The third-order valence-electron chi connectivity index (χ3n) is 3.93. The van der Waals surface area contributed by atoms with Crippen molar-refractivity contribution in [2.24, 2.45) is 11.7 Å². The van der Waals surface area contributed by atoms with Crippen molar-refractivity contribution in [3.8, 4) is 11.4 Å². The number of nitrogens with two attached hydrogens (primary N) is 1. The Labute approximate surface area is 126 Å². The van der Waals surface area contributed by atoms with Gasteiger partial charge in [0.1, 0.15) is 0 Å².